The Morgan fingerprint density at radius 2 is 1.58 bits per heavy atom. The molecule has 0 spiro atoms. The molecule has 0 N–H and O–H groups in total. The van der Waals surface area contributed by atoms with Crippen LogP contribution >= 0.6 is 31.9 Å². The zero-order chi connectivity index (χ0) is 22.4. The summed E-state index contributed by atoms with van der Waals surface area (Å²) in [5.41, 5.74) is 4.41. The number of nitrogens with zero attached hydrogens (tertiary/aromatic N) is 1. The second-order valence-corrected chi connectivity index (χ2v) is 8.54. The van der Waals surface area contributed by atoms with E-state index in [1.165, 1.54) is 5.56 Å². The van der Waals surface area contributed by atoms with Crippen molar-refractivity contribution < 1.29 is 14.2 Å². The molecule has 31 heavy (non-hydrogen) atoms. The number of methoxy groups -OCH3 is 2. The number of aryl methyl sites for hydroxylation is 1. The van der Waals surface area contributed by atoms with Gasteiger partial charge in [-0.15, -0.1) is 0 Å². The van der Waals surface area contributed by atoms with Gasteiger partial charge in [-0.2, -0.15) is 5.26 Å². The topological polar surface area (TPSA) is 51.5 Å². The molecule has 0 atom stereocenters. The molecule has 0 aromatic heterocycles. The third-order valence-corrected chi connectivity index (χ3v) is 5.83. The Bertz CT molecular complexity index is 1130. The Morgan fingerprint density at radius 3 is 2.16 bits per heavy atom. The summed E-state index contributed by atoms with van der Waals surface area (Å²) in [6.07, 6.45) is 1.82. The van der Waals surface area contributed by atoms with Gasteiger partial charge in [0.05, 0.1) is 34.8 Å². The molecule has 0 saturated carbocycles. The van der Waals surface area contributed by atoms with Gasteiger partial charge in [0.2, 0.25) is 0 Å². The Kier molecular flexibility index (Phi) is 7.78. The molecular formula is C25H21Br2NO3. The summed E-state index contributed by atoms with van der Waals surface area (Å²) in [6.45, 7) is 2.52. The number of allylic oxidation sites excluding steroid dienone is 1. The van der Waals surface area contributed by atoms with E-state index in [0.717, 1.165) is 25.6 Å². The lowest BCUT2D eigenvalue weighted by Gasteiger charge is -2.12. The predicted octanol–water partition coefficient (Wildman–Crippen LogP) is 7.18. The normalized spacial score (nSPS) is 11.0. The van der Waals surface area contributed by atoms with Crippen molar-refractivity contribution >= 4 is 43.5 Å². The molecular weight excluding hydrogens is 522 g/mol. The zero-order valence-corrected chi connectivity index (χ0v) is 20.6. The molecule has 0 bridgehead atoms. The maximum atomic E-state index is 9.72. The van der Waals surface area contributed by atoms with Crippen molar-refractivity contribution in [3.63, 3.8) is 0 Å². The van der Waals surface area contributed by atoms with E-state index in [1.807, 2.05) is 24.3 Å². The number of rotatable bonds is 7. The van der Waals surface area contributed by atoms with E-state index in [1.54, 1.807) is 26.4 Å². The minimum Gasteiger partial charge on any atom is -0.493 e. The highest BCUT2D eigenvalue weighted by Gasteiger charge is 2.12. The molecule has 0 aliphatic carbocycles. The molecule has 6 heteroatoms. The molecule has 0 amide bonds. The van der Waals surface area contributed by atoms with Crippen molar-refractivity contribution in [2.45, 2.75) is 13.5 Å². The Labute approximate surface area is 199 Å². The first-order chi connectivity index (χ1) is 14.9. The summed E-state index contributed by atoms with van der Waals surface area (Å²) >= 11 is 7.18. The number of halogens is 2. The third kappa shape index (κ3) is 5.69. The maximum absolute atomic E-state index is 9.72. The highest BCUT2D eigenvalue weighted by Crippen LogP contribution is 2.37. The quantitative estimate of drug-likeness (QED) is 0.234. The summed E-state index contributed by atoms with van der Waals surface area (Å²) in [6, 6.07) is 19.7. The van der Waals surface area contributed by atoms with Crippen molar-refractivity contribution in [2.24, 2.45) is 0 Å². The number of nitriles is 1. The fourth-order valence-electron chi connectivity index (χ4n) is 2.99. The molecule has 0 aliphatic rings. The molecule has 158 valence electrons. The first kappa shape index (κ1) is 22.9. The zero-order valence-electron chi connectivity index (χ0n) is 17.4. The van der Waals surface area contributed by atoms with Gasteiger partial charge < -0.3 is 14.2 Å². The fraction of sp³-hybridized carbons (Fsp3) is 0.160. The van der Waals surface area contributed by atoms with E-state index in [9.17, 15) is 5.26 Å². The van der Waals surface area contributed by atoms with Crippen LogP contribution in [0.3, 0.4) is 0 Å². The van der Waals surface area contributed by atoms with E-state index in [-0.39, 0.29) is 0 Å². The SMILES string of the molecule is COc1ccc(/C(C#N)=C/c2cc(Br)c(OCc3ccc(C)cc3)c(Br)c2)cc1OC. The molecule has 0 saturated heterocycles. The van der Waals surface area contributed by atoms with Crippen LogP contribution in [0.15, 0.2) is 63.5 Å². The van der Waals surface area contributed by atoms with Crippen LogP contribution in [0.25, 0.3) is 11.6 Å². The molecule has 4 nitrogen and oxygen atoms in total. The van der Waals surface area contributed by atoms with Gasteiger partial charge in [-0.1, -0.05) is 29.8 Å². The first-order valence-electron chi connectivity index (χ1n) is 9.46. The molecule has 0 unspecified atom stereocenters. The summed E-state index contributed by atoms with van der Waals surface area (Å²) < 4.78 is 18.2. The van der Waals surface area contributed by atoms with E-state index in [4.69, 9.17) is 14.2 Å². The standard InChI is InChI=1S/C25H21Br2NO3/c1-16-4-6-17(7-5-16)15-31-25-21(26)11-18(12-22(25)27)10-20(14-28)19-8-9-23(29-2)24(13-19)30-3/h4-13H,15H2,1-3H3/b20-10+. The van der Waals surface area contributed by atoms with Gasteiger partial charge in [-0.05, 0) is 91.9 Å². The van der Waals surface area contributed by atoms with Crippen molar-refractivity contribution in [3.8, 4) is 23.3 Å². The van der Waals surface area contributed by atoms with Crippen LogP contribution in [0.4, 0.5) is 0 Å². The second kappa shape index (κ2) is 10.5. The van der Waals surface area contributed by atoms with Crippen molar-refractivity contribution in [2.75, 3.05) is 14.2 Å². The van der Waals surface area contributed by atoms with Gasteiger partial charge in [0.15, 0.2) is 11.5 Å². The Balaban J connectivity index is 1.86. The number of ether oxygens (including phenoxy) is 3. The van der Waals surface area contributed by atoms with Crippen molar-refractivity contribution in [3.05, 3.63) is 85.8 Å². The number of hydrogen-bond acceptors (Lipinski definition) is 4. The maximum Gasteiger partial charge on any atom is 0.161 e. The van der Waals surface area contributed by atoms with E-state index in [0.29, 0.717) is 29.4 Å². The Hall–Kier alpha value is -2.75. The average Bonchev–Trinajstić information content (AvgIpc) is 2.77. The third-order valence-electron chi connectivity index (χ3n) is 4.65. The van der Waals surface area contributed by atoms with Gasteiger partial charge in [-0.3, -0.25) is 0 Å². The van der Waals surface area contributed by atoms with Crippen LogP contribution in [0.2, 0.25) is 0 Å². The predicted molar refractivity (Wildman–Crippen MR) is 130 cm³/mol. The molecule has 0 fully saturated rings. The molecule has 0 aliphatic heterocycles. The van der Waals surface area contributed by atoms with Crippen LogP contribution in [-0.2, 0) is 6.61 Å². The minimum absolute atomic E-state index is 0.460. The average molecular weight is 543 g/mol. The van der Waals surface area contributed by atoms with Crippen LogP contribution in [0.5, 0.6) is 17.2 Å². The van der Waals surface area contributed by atoms with Gasteiger partial charge >= 0.3 is 0 Å². The number of hydrogen-bond donors (Lipinski definition) is 0. The largest absolute Gasteiger partial charge is 0.493 e. The smallest absolute Gasteiger partial charge is 0.161 e. The summed E-state index contributed by atoms with van der Waals surface area (Å²) in [7, 11) is 3.15. The van der Waals surface area contributed by atoms with Crippen molar-refractivity contribution in [1.82, 2.24) is 0 Å². The molecule has 3 rings (SSSR count). The van der Waals surface area contributed by atoms with Crippen LogP contribution < -0.4 is 14.2 Å². The second-order valence-electron chi connectivity index (χ2n) is 6.83. The lowest BCUT2D eigenvalue weighted by Crippen LogP contribution is -1.97. The van der Waals surface area contributed by atoms with Gasteiger partial charge in [0, 0.05) is 0 Å². The lowest BCUT2D eigenvalue weighted by atomic mass is 10.0. The van der Waals surface area contributed by atoms with Crippen molar-refractivity contribution in [1.29, 1.82) is 5.26 Å². The van der Waals surface area contributed by atoms with E-state index in [2.05, 4.69) is 69.1 Å². The highest BCUT2D eigenvalue weighted by atomic mass is 79.9. The monoisotopic (exact) mass is 541 g/mol. The Morgan fingerprint density at radius 1 is 0.935 bits per heavy atom. The highest BCUT2D eigenvalue weighted by molar-refractivity contribution is 9.11. The first-order valence-corrected chi connectivity index (χ1v) is 11.1. The van der Waals surface area contributed by atoms with Crippen LogP contribution in [0.1, 0.15) is 22.3 Å². The fourth-order valence-corrected chi connectivity index (χ4v) is 4.44. The van der Waals surface area contributed by atoms with Crippen LogP contribution in [0, 0.1) is 18.3 Å². The van der Waals surface area contributed by atoms with Gasteiger partial charge in [0.1, 0.15) is 12.4 Å². The molecule has 0 radical (unpaired) electrons. The van der Waals surface area contributed by atoms with E-state index >= 15 is 0 Å². The molecule has 0 heterocycles. The molecule has 3 aromatic rings. The molecule has 3 aromatic carbocycles. The van der Waals surface area contributed by atoms with E-state index < -0.39 is 0 Å². The lowest BCUT2D eigenvalue weighted by molar-refractivity contribution is 0.302. The van der Waals surface area contributed by atoms with Gasteiger partial charge in [-0.25, -0.2) is 0 Å². The number of benzene rings is 3. The summed E-state index contributed by atoms with van der Waals surface area (Å²) in [5, 5.41) is 9.72. The minimum atomic E-state index is 0.460. The summed E-state index contributed by atoms with van der Waals surface area (Å²) in [4.78, 5) is 0. The van der Waals surface area contributed by atoms with Crippen LogP contribution in [-0.4, -0.2) is 14.2 Å². The van der Waals surface area contributed by atoms with Gasteiger partial charge in [0.25, 0.3) is 0 Å². The summed E-state index contributed by atoms with van der Waals surface area (Å²) in [5.74, 6) is 1.90.